The van der Waals surface area contributed by atoms with E-state index >= 15 is 0 Å². The highest BCUT2D eigenvalue weighted by Crippen LogP contribution is 2.25. The van der Waals surface area contributed by atoms with Crippen molar-refractivity contribution in [3.63, 3.8) is 0 Å². The van der Waals surface area contributed by atoms with Gasteiger partial charge in [-0.15, -0.1) is 0 Å². The van der Waals surface area contributed by atoms with E-state index in [4.69, 9.17) is 0 Å². The van der Waals surface area contributed by atoms with Gasteiger partial charge in [0.25, 0.3) is 5.69 Å². The zero-order valence-corrected chi connectivity index (χ0v) is 9.04. The molecule has 0 aliphatic carbocycles. The van der Waals surface area contributed by atoms with Crippen LogP contribution in [0.2, 0.25) is 0 Å². The predicted molar refractivity (Wildman–Crippen MR) is 64.0 cm³/mol. The molecular weight excluding hydrogens is 218 g/mol. The Hall–Kier alpha value is -2.36. The van der Waals surface area contributed by atoms with Crippen molar-refractivity contribution < 1.29 is 10.0 Å². The zero-order chi connectivity index (χ0) is 12.3. The molecule has 0 bridgehead atoms. The van der Waals surface area contributed by atoms with Gasteiger partial charge in [-0.05, 0) is 17.7 Å². The Labute approximate surface area is 98.3 Å². The van der Waals surface area contributed by atoms with Gasteiger partial charge in [0.1, 0.15) is 5.75 Å². The van der Waals surface area contributed by atoms with E-state index in [0.29, 0.717) is 12.0 Å². The fraction of sp³-hybridized carbons (Fsp3) is 0.0769. The number of nitro groups is 1. The first-order valence-corrected chi connectivity index (χ1v) is 5.17. The normalized spacial score (nSPS) is 10.1. The quantitative estimate of drug-likeness (QED) is 0.650. The van der Waals surface area contributed by atoms with Crippen molar-refractivity contribution in [1.29, 1.82) is 0 Å². The van der Waals surface area contributed by atoms with Crippen molar-refractivity contribution >= 4 is 5.69 Å². The molecule has 0 atom stereocenters. The number of benzene rings is 2. The van der Waals surface area contributed by atoms with Gasteiger partial charge in [-0.25, -0.2) is 0 Å². The number of phenols is 1. The first-order valence-electron chi connectivity index (χ1n) is 5.17. The number of rotatable bonds is 3. The summed E-state index contributed by atoms with van der Waals surface area (Å²) in [7, 11) is 0. The van der Waals surface area contributed by atoms with Crippen LogP contribution in [0.5, 0.6) is 5.75 Å². The molecule has 0 spiro atoms. The first-order chi connectivity index (χ1) is 8.16. The second kappa shape index (κ2) is 4.65. The van der Waals surface area contributed by atoms with Crippen molar-refractivity contribution in [3.8, 4) is 5.75 Å². The summed E-state index contributed by atoms with van der Waals surface area (Å²) in [5.41, 5.74) is 1.52. The minimum absolute atomic E-state index is 0.0339. The van der Waals surface area contributed by atoms with Crippen LogP contribution < -0.4 is 0 Å². The molecule has 1 N–H and O–H groups in total. The highest BCUT2D eigenvalue weighted by Gasteiger charge is 2.14. The van der Waals surface area contributed by atoms with Crippen molar-refractivity contribution in [3.05, 3.63) is 69.8 Å². The summed E-state index contributed by atoms with van der Waals surface area (Å²) in [6.45, 7) is 0. The Morgan fingerprint density at radius 2 is 1.82 bits per heavy atom. The lowest BCUT2D eigenvalue weighted by Crippen LogP contribution is -1.96. The van der Waals surface area contributed by atoms with Crippen LogP contribution in [0.25, 0.3) is 0 Å². The summed E-state index contributed by atoms with van der Waals surface area (Å²) in [6.07, 6.45) is 0.436. The lowest BCUT2D eigenvalue weighted by Gasteiger charge is -2.04. The summed E-state index contributed by atoms with van der Waals surface area (Å²) < 4.78 is 0. The highest BCUT2D eigenvalue weighted by atomic mass is 16.6. The molecule has 0 saturated heterocycles. The molecule has 0 saturated carbocycles. The predicted octanol–water partition coefficient (Wildman–Crippen LogP) is 2.89. The van der Waals surface area contributed by atoms with Crippen LogP contribution in [0.4, 0.5) is 5.69 Å². The Balaban J connectivity index is 2.37. The fourth-order valence-corrected chi connectivity index (χ4v) is 1.71. The summed E-state index contributed by atoms with van der Waals surface area (Å²) in [6, 6.07) is 13.5. The molecule has 0 unspecified atom stereocenters. The van der Waals surface area contributed by atoms with Gasteiger partial charge >= 0.3 is 0 Å². The summed E-state index contributed by atoms with van der Waals surface area (Å²) >= 11 is 0. The minimum Gasteiger partial charge on any atom is -0.508 e. The molecule has 0 fully saturated rings. The van der Waals surface area contributed by atoms with Crippen LogP contribution in [0.3, 0.4) is 0 Å². The molecule has 0 aliphatic rings. The third-order valence-corrected chi connectivity index (χ3v) is 2.50. The van der Waals surface area contributed by atoms with E-state index < -0.39 is 4.92 Å². The molecule has 0 aliphatic heterocycles. The maximum Gasteiger partial charge on any atom is 0.273 e. The standard InChI is InChI=1S/C13H11NO3/c15-12-6-7-13(14(16)17)11(9-12)8-10-4-2-1-3-5-10/h1-7,9,15H,8H2. The maximum absolute atomic E-state index is 10.8. The summed E-state index contributed by atoms with van der Waals surface area (Å²) in [5.74, 6) is 0.0431. The Morgan fingerprint density at radius 1 is 1.12 bits per heavy atom. The molecule has 2 aromatic carbocycles. The van der Waals surface area contributed by atoms with E-state index in [-0.39, 0.29) is 11.4 Å². The molecule has 0 amide bonds. The van der Waals surface area contributed by atoms with Crippen LogP contribution >= 0.6 is 0 Å². The highest BCUT2D eigenvalue weighted by molar-refractivity contribution is 5.47. The van der Waals surface area contributed by atoms with Crippen molar-refractivity contribution in [1.82, 2.24) is 0 Å². The number of nitro benzene ring substituents is 1. The van der Waals surface area contributed by atoms with Crippen LogP contribution in [0, 0.1) is 10.1 Å². The average Bonchev–Trinajstić information content (AvgIpc) is 2.30. The van der Waals surface area contributed by atoms with Crippen LogP contribution in [-0.2, 0) is 6.42 Å². The number of phenolic OH excluding ortho intramolecular Hbond substituents is 1. The summed E-state index contributed by atoms with van der Waals surface area (Å²) in [4.78, 5) is 10.4. The SMILES string of the molecule is O=[N+]([O-])c1ccc(O)cc1Cc1ccccc1. The third kappa shape index (κ3) is 2.60. The fourth-order valence-electron chi connectivity index (χ4n) is 1.71. The van der Waals surface area contributed by atoms with Gasteiger partial charge in [0.2, 0.25) is 0 Å². The molecule has 0 aromatic heterocycles. The van der Waals surface area contributed by atoms with Gasteiger partial charge in [0.05, 0.1) is 4.92 Å². The van der Waals surface area contributed by atoms with Gasteiger partial charge in [-0.3, -0.25) is 10.1 Å². The molecule has 0 radical (unpaired) electrons. The lowest BCUT2D eigenvalue weighted by molar-refractivity contribution is -0.385. The third-order valence-electron chi connectivity index (χ3n) is 2.50. The molecule has 2 aromatic rings. The van der Waals surface area contributed by atoms with E-state index in [1.54, 1.807) is 0 Å². The zero-order valence-electron chi connectivity index (χ0n) is 9.04. The summed E-state index contributed by atoms with van der Waals surface area (Å²) in [5, 5.41) is 20.2. The Kier molecular flexibility index (Phi) is 3.05. The Morgan fingerprint density at radius 3 is 2.47 bits per heavy atom. The molecule has 2 rings (SSSR count). The number of hydrogen-bond donors (Lipinski definition) is 1. The Bertz CT molecular complexity index is 538. The van der Waals surface area contributed by atoms with E-state index in [2.05, 4.69) is 0 Å². The van der Waals surface area contributed by atoms with E-state index in [0.717, 1.165) is 5.56 Å². The van der Waals surface area contributed by atoms with Gasteiger partial charge in [0, 0.05) is 18.1 Å². The van der Waals surface area contributed by atoms with Gasteiger partial charge in [-0.1, -0.05) is 30.3 Å². The lowest BCUT2D eigenvalue weighted by atomic mass is 10.0. The van der Waals surface area contributed by atoms with Gasteiger partial charge in [-0.2, -0.15) is 0 Å². The average molecular weight is 229 g/mol. The monoisotopic (exact) mass is 229 g/mol. The first kappa shape index (κ1) is 11.1. The largest absolute Gasteiger partial charge is 0.508 e. The number of hydrogen-bond acceptors (Lipinski definition) is 3. The molecule has 0 heterocycles. The number of nitrogens with zero attached hydrogens (tertiary/aromatic N) is 1. The van der Waals surface area contributed by atoms with E-state index in [1.165, 1.54) is 18.2 Å². The second-order valence-electron chi connectivity index (χ2n) is 3.73. The topological polar surface area (TPSA) is 63.4 Å². The number of aromatic hydroxyl groups is 1. The van der Waals surface area contributed by atoms with Gasteiger partial charge < -0.3 is 5.11 Å². The van der Waals surface area contributed by atoms with Crippen LogP contribution in [0.15, 0.2) is 48.5 Å². The van der Waals surface area contributed by atoms with E-state index in [9.17, 15) is 15.2 Å². The maximum atomic E-state index is 10.8. The van der Waals surface area contributed by atoms with Gasteiger partial charge in [0.15, 0.2) is 0 Å². The van der Waals surface area contributed by atoms with Crippen molar-refractivity contribution in [2.45, 2.75) is 6.42 Å². The van der Waals surface area contributed by atoms with Crippen LogP contribution in [0.1, 0.15) is 11.1 Å². The minimum atomic E-state index is -0.433. The molecule has 86 valence electrons. The van der Waals surface area contributed by atoms with Crippen LogP contribution in [-0.4, -0.2) is 10.0 Å². The van der Waals surface area contributed by atoms with E-state index in [1.807, 2.05) is 30.3 Å². The second-order valence-corrected chi connectivity index (χ2v) is 3.73. The molecule has 17 heavy (non-hydrogen) atoms. The van der Waals surface area contributed by atoms with Crippen molar-refractivity contribution in [2.24, 2.45) is 0 Å². The molecule has 4 nitrogen and oxygen atoms in total. The van der Waals surface area contributed by atoms with Crippen molar-refractivity contribution in [2.75, 3.05) is 0 Å². The molecular formula is C13H11NO3. The molecule has 4 heteroatoms. The smallest absolute Gasteiger partial charge is 0.273 e.